The Bertz CT molecular complexity index is 742. The lowest BCUT2D eigenvalue weighted by Crippen LogP contribution is -2.64. The highest BCUT2D eigenvalue weighted by molar-refractivity contribution is 5.93. The number of benzene rings is 1. The summed E-state index contributed by atoms with van der Waals surface area (Å²) in [6.07, 6.45) is -2.18. The number of amides is 1. The number of carboxylic acids is 2. The molecule has 1 amide bonds. The number of hydrogen-bond acceptors (Lipinski definition) is 4. The molecule has 25 heavy (non-hydrogen) atoms. The number of halogens is 1. The predicted octanol–water partition coefficient (Wildman–Crippen LogP) is 0.172. The van der Waals surface area contributed by atoms with E-state index in [0.717, 1.165) is 0 Å². The molecule has 0 bridgehead atoms. The molecule has 2 fully saturated rings. The second kappa shape index (κ2) is 5.52. The summed E-state index contributed by atoms with van der Waals surface area (Å²) in [5.74, 6) is -7.52. The highest BCUT2D eigenvalue weighted by Crippen LogP contribution is 2.75. The summed E-state index contributed by atoms with van der Waals surface area (Å²) >= 11 is 0. The SMILES string of the molecule is NC(=O)[C@](N)(Cc1ccccc1)[C@@]12C(C(=O)O)[C@@H](F)C[C@@H]1[C@@H]2C(=O)O. The van der Waals surface area contributed by atoms with Gasteiger partial charge in [0.1, 0.15) is 11.7 Å². The van der Waals surface area contributed by atoms with Gasteiger partial charge in [-0.25, -0.2) is 4.39 Å². The van der Waals surface area contributed by atoms with Gasteiger partial charge < -0.3 is 21.7 Å². The molecule has 2 saturated carbocycles. The van der Waals surface area contributed by atoms with Crippen molar-refractivity contribution >= 4 is 17.8 Å². The van der Waals surface area contributed by atoms with Gasteiger partial charge in [-0.15, -0.1) is 0 Å². The molecule has 0 radical (unpaired) electrons. The van der Waals surface area contributed by atoms with Gasteiger partial charge in [0.05, 0.1) is 11.8 Å². The van der Waals surface area contributed by atoms with E-state index in [0.29, 0.717) is 5.56 Å². The standard InChI is InChI=1S/C17H19FN2O5/c18-10-6-9-11(13(21)22)17(9,12(10)14(23)24)16(20,15(19)25)7-8-4-2-1-3-5-8/h1-5,9-12H,6-7,20H2,(H2,19,25)(H,21,22)(H,23,24)/t9-,10+,11-,12?,16-,17+/m1/s1. The van der Waals surface area contributed by atoms with Crippen LogP contribution in [0, 0.1) is 23.2 Å². The van der Waals surface area contributed by atoms with Gasteiger partial charge in [0.25, 0.3) is 0 Å². The second-order valence-electron chi connectivity index (χ2n) is 6.92. The van der Waals surface area contributed by atoms with E-state index in [1.165, 1.54) is 0 Å². The number of alkyl halides is 1. The van der Waals surface area contributed by atoms with Crippen LogP contribution >= 0.6 is 0 Å². The molecular weight excluding hydrogens is 331 g/mol. The highest BCUT2D eigenvalue weighted by atomic mass is 19.1. The number of carbonyl (C=O) groups excluding carboxylic acids is 1. The van der Waals surface area contributed by atoms with Gasteiger partial charge in [-0.2, -0.15) is 0 Å². The minimum absolute atomic E-state index is 0.153. The van der Waals surface area contributed by atoms with Crippen molar-refractivity contribution in [1.82, 2.24) is 0 Å². The number of carbonyl (C=O) groups is 3. The average molecular weight is 350 g/mol. The third kappa shape index (κ3) is 2.17. The quantitative estimate of drug-likeness (QED) is 0.576. The fourth-order valence-electron chi connectivity index (χ4n) is 4.91. The van der Waals surface area contributed by atoms with E-state index >= 15 is 0 Å². The number of rotatable bonds is 6. The van der Waals surface area contributed by atoms with Crippen molar-refractivity contribution < 1.29 is 29.0 Å². The Hall–Kier alpha value is -2.48. The minimum atomic E-state index is -1.98. The molecule has 6 atom stereocenters. The molecule has 7 nitrogen and oxygen atoms in total. The first kappa shape index (κ1) is 17.3. The minimum Gasteiger partial charge on any atom is -0.481 e. The maximum Gasteiger partial charge on any atom is 0.310 e. The molecule has 6 N–H and O–H groups in total. The van der Waals surface area contributed by atoms with Crippen LogP contribution in [0.2, 0.25) is 0 Å². The van der Waals surface area contributed by atoms with Gasteiger partial charge in [0, 0.05) is 5.41 Å². The molecule has 0 saturated heterocycles. The van der Waals surface area contributed by atoms with Crippen LogP contribution < -0.4 is 11.5 Å². The highest BCUT2D eigenvalue weighted by Gasteiger charge is 2.86. The van der Waals surface area contributed by atoms with E-state index in [9.17, 15) is 29.0 Å². The molecular formula is C17H19FN2O5. The second-order valence-corrected chi connectivity index (χ2v) is 6.92. The van der Waals surface area contributed by atoms with Gasteiger partial charge in [0.15, 0.2) is 0 Å². The van der Waals surface area contributed by atoms with Crippen molar-refractivity contribution in [3.05, 3.63) is 35.9 Å². The Morgan fingerprint density at radius 1 is 1.16 bits per heavy atom. The van der Waals surface area contributed by atoms with Crippen LogP contribution in [0.1, 0.15) is 12.0 Å². The number of hydrogen-bond donors (Lipinski definition) is 4. The number of aliphatic carboxylic acids is 2. The first-order valence-corrected chi connectivity index (χ1v) is 7.90. The molecule has 2 aliphatic rings. The molecule has 134 valence electrons. The molecule has 2 aliphatic carbocycles. The molecule has 0 aromatic heterocycles. The number of fused-ring (bicyclic) bond motifs is 1. The smallest absolute Gasteiger partial charge is 0.310 e. The summed E-state index contributed by atoms with van der Waals surface area (Å²) < 4.78 is 14.4. The zero-order valence-corrected chi connectivity index (χ0v) is 13.3. The Morgan fingerprint density at radius 2 is 1.72 bits per heavy atom. The summed E-state index contributed by atoms with van der Waals surface area (Å²) in [5.41, 5.74) is 8.70. The molecule has 0 spiro atoms. The largest absolute Gasteiger partial charge is 0.481 e. The molecule has 8 heteroatoms. The first-order valence-electron chi connectivity index (χ1n) is 7.90. The monoisotopic (exact) mass is 350 g/mol. The van der Waals surface area contributed by atoms with Crippen LogP contribution in [0.25, 0.3) is 0 Å². The zero-order chi connectivity index (χ0) is 18.6. The molecule has 1 aromatic carbocycles. The van der Waals surface area contributed by atoms with E-state index in [4.69, 9.17) is 11.5 Å². The average Bonchev–Trinajstić information content (AvgIpc) is 3.06. The fraction of sp³-hybridized carbons (Fsp3) is 0.471. The third-order valence-corrected chi connectivity index (χ3v) is 5.85. The van der Waals surface area contributed by atoms with Crippen LogP contribution in [-0.4, -0.2) is 39.8 Å². The summed E-state index contributed by atoms with van der Waals surface area (Å²) in [5, 5.41) is 19.0. The van der Waals surface area contributed by atoms with Crippen molar-refractivity contribution in [3.63, 3.8) is 0 Å². The van der Waals surface area contributed by atoms with Gasteiger partial charge in [-0.3, -0.25) is 14.4 Å². The van der Waals surface area contributed by atoms with Crippen LogP contribution in [0.3, 0.4) is 0 Å². The topological polar surface area (TPSA) is 144 Å². The third-order valence-electron chi connectivity index (χ3n) is 5.85. The van der Waals surface area contributed by atoms with Crippen LogP contribution in [0.4, 0.5) is 4.39 Å². The predicted molar refractivity (Wildman–Crippen MR) is 83.9 cm³/mol. The maximum atomic E-state index is 14.4. The molecule has 0 heterocycles. The summed E-state index contributed by atoms with van der Waals surface area (Å²) in [4.78, 5) is 35.6. The number of primary amides is 1. The van der Waals surface area contributed by atoms with Crippen molar-refractivity contribution in [1.29, 1.82) is 0 Å². The number of carboxylic acid groups (broad SMARTS) is 2. The Morgan fingerprint density at radius 3 is 2.20 bits per heavy atom. The lowest BCUT2D eigenvalue weighted by atomic mass is 9.68. The van der Waals surface area contributed by atoms with E-state index in [1.807, 2.05) is 0 Å². The van der Waals surface area contributed by atoms with Crippen LogP contribution in [0.5, 0.6) is 0 Å². The van der Waals surface area contributed by atoms with Crippen molar-refractivity contribution in [2.45, 2.75) is 24.6 Å². The van der Waals surface area contributed by atoms with Gasteiger partial charge in [0.2, 0.25) is 5.91 Å². The van der Waals surface area contributed by atoms with E-state index < -0.39 is 52.7 Å². The van der Waals surface area contributed by atoms with Gasteiger partial charge >= 0.3 is 11.9 Å². The normalized spacial score (nSPS) is 35.4. The lowest BCUT2D eigenvalue weighted by molar-refractivity contribution is -0.151. The molecule has 1 unspecified atom stereocenters. The molecule has 1 aromatic rings. The van der Waals surface area contributed by atoms with Gasteiger partial charge in [-0.1, -0.05) is 30.3 Å². The summed E-state index contributed by atoms with van der Waals surface area (Å²) in [7, 11) is 0. The van der Waals surface area contributed by atoms with E-state index in [2.05, 4.69) is 0 Å². The van der Waals surface area contributed by atoms with Crippen LogP contribution in [0.15, 0.2) is 30.3 Å². The Kier molecular flexibility index (Phi) is 3.83. The first-order chi connectivity index (χ1) is 11.7. The summed E-state index contributed by atoms with van der Waals surface area (Å²) in [6.45, 7) is 0. The molecule has 0 aliphatic heterocycles. The Labute approximate surface area is 142 Å². The molecule has 3 rings (SSSR count). The fourth-order valence-corrected chi connectivity index (χ4v) is 4.91. The van der Waals surface area contributed by atoms with Crippen molar-refractivity contribution in [2.24, 2.45) is 34.6 Å². The van der Waals surface area contributed by atoms with Crippen molar-refractivity contribution in [2.75, 3.05) is 0 Å². The lowest BCUT2D eigenvalue weighted by Gasteiger charge is -2.38. The maximum absolute atomic E-state index is 14.4. The number of nitrogens with two attached hydrogens (primary N) is 2. The van der Waals surface area contributed by atoms with E-state index in [1.54, 1.807) is 30.3 Å². The van der Waals surface area contributed by atoms with Gasteiger partial charge in [-0.05, 0) is 24.3 Å². The Balaban J connectivity index is 2.13. The van der Waals surface area contributed by atoms with Crippen molar-refractivity contribution in [3.8, 4) is 0 Å². The summed E-state index contributed by atoms with van der Waals surface area (Å²) in [6, 6.07) is 8.50. The van der Waals surface area contributed by atoms with E-state index in [-0.39, 0.29) is 12.8 Å². The zero-order valence-electron chi connectivity index (χ0n) is 13.3. The van der Waals surface area contributed by atoms with Crippen LogP contribution in [-0.2, 0) is 20.8 Å².